The second kappa shape index (κ2) is 6.13. The van der Waals surface area contributed by atoms with Gasteiger partial charge < -0.3 is 4.74 Å². The molecule has 0 spiro atoms. The lowest BCUT2D eigenvalue weighted by atomic mass is 9.61. The SMILES string of the molecule is COc1c(F)c(F)c([B]c2c(F)cc(F)c(F)c2C)c(F)c1F. The summed E-state index contributed by atoms with van der Waals surface area (Å²) in [6.07, 6.45) is 0. The third-order valence-corrected chi connectivity index (χ3v) is 3.20. The molecule has 2 aromatic rings. The Bertz CT molecular complexity index is 763. The van der Waals surface area contributed by atoms with Crippen LogP contribution in [0.15, 0.2) is 6.07 Å². The van der Waals surface area contributed by atoms with E-state index in [4.69, 9.17) is 0 Å². The van der Waals surface area contributed by atoms with E-state index in [1.165, 1.54) is 0 Å². The number of benzene rings is 2. The Morgan fingerprint density at radius 3 is 1.74 bits per heavy atom. The van der Waals surface area contributed by atoms with Gasteiger partial charge in [0.1, 0.15) is 5.82 Å². The third-order valence-electron chi connectivity index (χ3n) is 3.20. The smallest absolute Gasteiger partial charge is 0.204 e. The lowest BCUT2D eigenvalue weighted by molar-refractivity contribution is 0.335. The summed E-state index contributed by atoms with van der Waals surface area (Å²) in [6, 6.07) is 0.153. The van der Waals surface area contributed by atoms with Gasteiger partial charge in [-0.15, -0.1) is 0 Å². The molecule has 0 amide bonds. The van der Waals surface area contributed by atoms with Crippen molar-refractivity contribution in [3.05, 3.63) is 52.4 Å². The van der Waals surface area contributed by atoms with E-state index in [0.29, 0.717) is 7.28 Å². The molecule has 0 saturated carbocycles. The first-order valence-corrected chi connectivity index (χ1v) is 6.09. The average molecular weight is 335 g/mol. The number of hydrogen-bond acceptors (Lipinski definition) is 1. The van der Waals surface area contributed by atoms with Gasteiger partial charge in [0.2, 0.25) is 18.9 Å². The fourth-order valence-electron chi connectivity index (χ4n) is 1.98. The Hall–Kier alpha value is -2.19. The standard InChI is InChI=1S/C14H7BF7O/c1-4-7(5(16)3-6(17)9(4)18)15-8-10(19)12(21)14(23-2)13(22)11(8)20/h3H,1-2H3. The monoisotopic (exact) mass is 335 g/mol. The summed E-state index contributed by atoms with van der Waals surface area (Å²) in [7, 11) is 1.15. The molecule has 1 nitrogen and oxygen atoms in total. The van der Waals surface area contributed by atoms with Crippen LogP contribution in [0.1, 0.15) is 5.56 Å². The lowest BCUT2D eigenvalue weighted by Gasteiger charge is -2.13. The molecular formula is C14H7BF7O. The first-order chi connectivity index (χ1) is 10.7. The summed E-state index contributed by atoms with van der Waals surface area (Å²) in [5.41, 5.74) is -2.64. The molecule has 0 atom stereocenters. The summed E-state index contributed by atoms with van der Waals surface area (Å²) in [5.74, 6) is -13.0. The zero-order valence-electron chi connectivity index (χ0n) is 11.7. The molecule has 0 heterocycles. The molecule has 0 unspecified atom stereocenters. The van der Waals surface area contributed by atoms with Crippen molar-refractivity contribution in [2.75, 3.05) is 7.11 Å². The van der Waals surface area contributed by atoms with E-state index in [1.807, 2.05) is 0 Å². The van der Waals surface area contributed by atoms with Crippen molar-refractivity contribution in [3.8, 4) is 5.75 Å². The minimum absolute atomic E-state index is 0.153. The Morgan fingerprint density at radius 1 is 0.739 bits per heavy atom. The lowest BCUT2D eigenvalue weighted by Crippen LogP contribution is -2.38. The zero-order valence-corrected chi connectivity index (χ0v) is 11.7. The highest BCUT2D eigenvalue weighted by Crippen LogP contribution is 2.24. The average Bonchev–Trinajstić information content (AvgIpc) is 2.51. The molecule has 2 aromatic carbocycles. The van der Waals surface area contributed by atoms with E-state index < -0.39 is 63.0 Å². The summed E-state index contributed by atoms with van der Waals surface area (Å²) >= 11 is 0. The van der Waals surface area contributed by atoms with E-state index in [1.54, 1.807) is 0 Å². The molecule has 0 aliphatic heterocycles. The molecule has 0 saturated heterocycles. The molecule has 2 rings (SSSR count). The topological polar surface area (TPSA) is 9.23 Å². The minimum Gasteiger partial charge on any atom is -0.491 e. The normalized spacial score (nSPS) is 10.8. The molecule has 23 heavy (non-hydrogen) atoms. The second-order valence-electron chi connectivity index (χ2n) is 4.54. The molecule has 0 fully saturated rings. The minimum atomic E-state index is -1.86. The van der Waals surface area contributed by atoms with Gasteiger partial charge in [0.05, 0.1) is 7.11 Å². The molecule has 0 bridgehead atoms. The van der Waals surface area contributed by atoms with Crippen LogP contribution in [0.5, 0.6) is 5.75 Å². The van der Waals surface area contributed by atoms with Crippen LogP contribution in [0, 0.1) is 47.6 Å². The van der Waals surface area contributed by atoms with Gasteiger partial charge in [-0.25, -0.2) is 22.0 Å². The maximum atomic E-state index is 13.8. The number of rotatable bonds is 3. The van der Waals surface area contributed by atoms with E-state index in [2.05, 4.69) is 4.74 Å². The molecule has 0 N–H and O–H groups in total. The molecule has 1 radical (unpaired) electrons. The maximum absolute atomic E-state index is 13.8. The predicted octanol–water partition coefficient (Wildman–Crippen LogP) is 2.63. The van der Waals surface area contributed by atoms with E-state index in [-0.39, 0.29) is 6.07 Å². The Balaban J connectivity index is 2.65. The van der Waals surface area contributed by atoms with Crippen LogP contribution in [0.3, 0.4) is 0 Å². The molecule has 0 aliphatic carbocycles. The molecule has 9 heteroatoms. The predicted molar refractivity (Wildman–Crippen MR) is 68.9 cm³/mol. The zero-order chi connectivity index (χ0) is 17.5. The third kappa shape index (κ3) is 2.75. The Kier molecular flexibility index (Phi) is 4.58. The van der Waals surface area contributed by atoms with Gasteiger partial charge in [-0.1, -0.05) is 0 Å². The second-order valence-corrected chi connectivity index (χ2v) is 4.54. The van der Waals surface area contributed by atoms with Crippen LogP contribution in [0.2, 0.25) is 0 Å². The Labute approximate surface area is 126 Å². The number of halogens is 7. The highest BCUT2D eigenvalue weighted by atomic mass is 19.2. The largest absolute Gasteiger partial charge is 0.491 e. The van der Waals surface area contributed by atoms with E-state index in [9.17, 15) is 30.7 Å². The highest BCUT2D eigenvalue weighted by Gasteiger charge is 2.28. The molecule has 0 aromatic heterocycles. The molecule has 121 valence electrons. The highest BCUT2D eigenvalue weighted by molar-refractivity contribution is 6.68. The van der Waals surface area contributed by atoms with Crippen LogP contribution in [0.4, 0.5) is 30.7 Å². The van der Waals surface area contributed by atoms with Crippen LogP contribution in [-0.2, 0) is 0 Å². The fraction of sp³-hybridized carbons (Fsp3) is 0.143. The van der Waals surface area contributed by atoms with Crippen molar-refractivity contribution >= 4 is 18.2 Å². The van der Waals surface area contributed by atoms with Crippen molar-refractivity contribution in [2.45, 2.75) is 6.92 Å². The molecule has 0 aliphatic rings. The van der Waals surface area contributed by atoms with Gasteiger partial charge >= 0.3 is 0 Å². The van der Waals surface area contributed by atoms with Gasteiger partial charge in [0, 0.05) is 6.07 Å². The number of hydrogen-bond donors (Lipinski definition) is 0. The summed E-state index contributed by atoms with van der Waals surface area (Å²) in [6.45, 7) is 0.944. The van der Waals surface area contributed by atoms with Crippen LogP contribution >= 0.6 is 0 Å². The maximum Gasteiger partial charge on any atom is 0.204 e. The summed E-state index contributed by atoms with van der Waals surface area (Å²) < 4.78 is 99.2. The fourth-order valence-corrected chi connectivity index (χ4v) is 1.98. The van der Waals surface area contributed by atoms with E-state index >= 15 is 0 Å². The van der Waals surface area contributed by atoms with Crippen molar-refractivity contribution in [2.24, 2.45) is 0 Å². The van der Waals surface area contributed by atoms with Gasteiger partial charge in [0.25, 0.3) is 0 Å². The Morgan fingerprint density at radius 2 is 1.26 bits per heavy atom. The number of methoxy groups -OCH3 is 1. The van der Waals surface area contributed by atoms with Crippen LogP contribution in [0.25, 0.3) is 0 Å². The van der Waals surface area contributed by atoms with Gasteiger partial charge in [0.15, 0.2) is 29.0 Å². The van der Waals surface area contributed by atoms with Crippen molar-refractivity contribution in [3.63, 3.8) is 0 Å². The first kappa shape index (κ1) is 17.2. The van der Waals surface area contributed by atoms with Crippen LogP contribution in [-0.4, -0.2) is 14.4 Å². The first-order valence-electron chi connectivity index (χ1n) is 6.09. The van der Waals surface area contributed by atoms with Crippen molar-refractivity contribution in [1.82, 2.24) is 0 Å². The van der Waals surface area contributed by atoms with Gasteiger partial charge in [-0.05, 0) is 23.4 Å². The summed E-state index contributed by atoms with van der Waals surface area (Å²) in [4.78, 5) is 0. The summed E-state index contributed by atoms with van der Waals surface area (Å²) in [5, 5.41) is 0. The molecular weight excluding hydrogens is 328 g/mol. The van der Waals surface area contributed by atoms with Gasteiger partial charge in [-0.2, -0.15) is 8.78 Å². The van der Waals surface area contributed by atoms with Gasteiger partial charge in [-0.3, -0.25) is 0 Å². The quantitative estimate of drug-likeness (QED) is 0.476. The van der Waals surface area contributed by atoms with Crippen molar-refractivity contribution in [1.29, 1.82) is 0 Å². The van der Waals surface area contributed by atoms with E-state index in [0.717, 1.165) is 14.0 Å². The van der Waals surface area contributed by atoms with Crippen molar-refractivity contribution < 1.29 is 35.5 Å². The van der Waals surface area contributed by atoms with Crippen LogP contribution < -0.4 is 15.7 Å². The number of ether oxygens (including phenoxy) is 1.